The first-order chi connectivity index (χ1) is 4.16. The van der Waals surface area contributed by atoms with Gasteiger partial charge in [0, 0.05) is 0 Å². The summed E-state index contributed by atoms with van der Waals surface area (Å²) in [4.78, 5) is 9.84. The minimum absolute atomic E-state index is 0.153. The van der Waals surface area contributed by atoms with Crippen molar-refractivity contribution < 1.29 is 9.53 Å². The molecule has 0 aromatic heterocycles. The van der Waals surface area contributed by atoms with Crippen LogP contribution in [0, 0.1) is 0 Å². The van der Waals surface area contributed by atoms with E-state index in [0.717, 1.165) is 6.29 Å². The summed E-state index contributed by atoms with van der Waals surface area (Å²) in [6.45, 7) is 4.33. The maximum atomic E-state index is 9.99. The Morgan fingerprint density at radius 3 is 2.56 bits per heavy atom. The van der Waals surface area contributed by atoms with Gasteiger partial charge in [-0.3, -0.25) is 0 Å². The number of hydrogen-bond donors (Lipinski definition) is 0. The fourth-order valence-electron chi connectivity index (χ4n) is 0.324. The van der Waals surface area contributed by atoms with Gasteiger partial charge in [-0.25, -0.2) is 0 Å². The first-order valence-corrected chi connectivity index (χ1v) is 3.79. The number of alkyl halides is 1. The van der Waals surface area contributed by atoms with Gasteiger partial charge in [-0.2, -0.15) is 0 Å². The molecule has 0 heterocycles. The Kier molecular flexibility index (Phi) is 5.00. The van der Waals surface area contributed by atoms with Crippen LogP contribution in [0.4, 0.5) is 0 Å². The molecule has 1 unspecified atom stereocenters. The summed E-state index contributed by atoms with van der Waals surface area (Å²) in [6.07, 6.45) is 1.02. The topological polar surface area (TPSA) is 26.3 Å². The van der Waals surface area contributed by atoms with E-state index in [1.807, 2.05) is 13.8 Å². The van der Waals surface area contributed by atoms with Crippen LogP contribution in [0.25, 0.3) is 0 Å². The van der Waals surface area contributed by atoms with Gasteiger partial charge in [-0.15, -0.1) is 0 Å². The molecule has 2 nitrogen and oxygen atoms in total. The lowest BCUT2D eigenvalue weighted by atomic mass is 10.4. The van der Waals surface area contributed by atoms with E-state index in [0.29, 0.717) is 6.61 Å². The van der Waals surface area contributed by atoms with Crippen LogP contribution in [0.1, 0.15) is 13.8 Å². The monoisotopic (exact) mass is 194 g/mol. The third-order valence-corrected chi connectivity index (χ3v) is 1.22. The zero-order valence-corrected chi connectivity index (χ0v) is 7.22. The highest BCUT2D eigenvalue weighted by Crippen LogP contribution is 1.97. The molecule has 1 atom stereocenters. The molecule has 0 spiro atoms. The first kappa shape index (κ1) is 9.11. The minimum atomic E-state index is -0.153. The Labute approximate surface area is 63.7 Å². The molecule has 0 aliphatic carbocycles. The van der Waals surface area contributed by atoms with Crippen molar-refractivity contribution in [2.24, 2.45) is 0 Å². The molecule has 0 rings (SSSR count). The minimum Gasteiger partial charge on any atom is -0.377 e. The summed E-state index contributed by atoms with van der Waals surface area (Å²) in [7, 11) is 0. The van der Waals surface area contributed by atoms with Crippen LogP contribution in [0.15, 0.2) is 0 Å². The third-order valence-electron chi connectivity index (χ3n) is 0.736. The van der Waals surface area contributed by atoms with Crippen LogP contribution in [0.5, 0.6) is 0 Å². The van der Waals surface area contributed by atoms with Crippen molar-refractivity contribution in [3.63, 3.8) is 0 Å². The van der Waals surface area contributed by atoms with Gasteiger partial charge >= 0.3 is 0 Å². The van der Waals surface area contributed by atoms with Gasteiger partial charge in [-0.1, -0.05) is 15.9 Å². The van der Waals surface area contributed by atoms with E-state index in [1.165, 1.54) is 0 Å². The van der Waals surface area contributed by atoms with Crippen molar-refractivity contribution in [2.45, 2.75) is 24.8 Å². The molecule has 0 N–H and O–H groups in total. The molecular formula is C6H11BrO2. The van der Waals surface area contributed by atoms with Gasteiger partial charge < -0.3 is 9.53 Å². The van der Waals surface area contributed by atoms with Gasteiger partial charge in [0.15, 0.2) is 0 Å². The van der Waals surface area contributed by atoms with E-state index in [-0.39, 0.29) is 10.9 Å². The van der Waals surface area contributed by atoms with Crippen LogP contribution in [-0.4, -0.2) is 23.8 Å². The zero-order chi connectivity index (χ0) is 7.28. The number of carbonyl (C=O) groups is 1. The lowest BCUT2D eigenvalue weighted by Crippen LogP contribution is -2.13. The number of hydrogen-bond acceptors (Lipinski definition) is 2. The SMILES string of the molecule is CC(C)OCC(Br)C=O. The number of ether oxygens (including phenoxy) is 1. The number of rotatable bonds is 4. The fourth-order valence-corrected chi connectivity index (χ4v) is 0.476. The van der Waals surface area contributed by atoms with E-state index in [4.69, 9.17) is 4.74 Å². The van der Waals surface area contributed by atoms with Gasteiger partial charge in [-0.05, 0) is 13.8 Å². The summed E-state index contributed by atoms with van der Waals surface area (Å²) >= 11 is 3.11. The third kappa shape index (κ3) is 5.99. The van der Waals surface area contributed by atoms with E-state index in [2.05, 4.69) is 15.9 Å². The van der Waals surface area contributed by atoms with Gasteiger partial charge in [0.25, 0.3) is 0 Å². The summed E-state index contributed by atoms with van der Waals surface area (Å²) < 4.78 is 5.12. The highest BCUT2D eigenvalue weighted by molar-refractivity contribution is 9.10. The molecule has 0 aliphatic heterocycles. The average molecular weight is 195 g/mol. The predicted octanol–water partition coefficient (Wildman–Crippen LogP) is 1.37. The van der Waals surface area contributed by atoms with E-state index in [1.54, 1.807) is 0 Å². The molecule has 0 saturated carbocycles. The maximum Gasteiger partial charge on any atom is 0.135 e. The molecule has 0 fully saturated rings. The summed E-state index contributed by atoms with van der Waals surface area (Å²) in [5.74, 6) is 0. The van der Waals surface area contributed by atoms with Crippen molar-refractivity contribution in [2.75, 3.05) is 6.61 Å². The predicted molar refractivity (Wildman–Crippen MR) is 39.9 cm³/mol. The van der Waals surface area contributed by atoms with Crippen LogP contribution >= 0.6 is 15.9 Å². The van der Waals surface area contributed by atoms with Crippen molar-refractivity contribution in [3.8, 4) is 0 Å². The second-order valence-corrected chi connectivity index (χ2v) is 3.21. The number of aldehydes is 1. The first-order valence-electron chi connectivity index (χ1n) is 2.87. The van der Waals surface area contributed by atoms with Crippen molar-refractivity contribution in [3.05, 3.63) is 0 Å². The van der Waals surface area contributed by atoms with Crippen molar-refractivity contribution in [1.82, 2.24) is 0 Å². The summed E-state index contributed by atoms with van der Waals surface area (Å²) in [5, 5.41) is 0. The van der Waals surface area contributed by atoms with E-state index >= 15 is 0 Å². The second kappa shape index (κ2) is 4.94. The molecular weight excluding hydrogens is 184 g/mol. The number of halogens is 1. The Morgan fingerprint density at radius 1 is 1.67 bits per heavy atom. The largest absolute Gasteiger partial charge is 0.377 e. The highest BCUT2D eigenvalue weighted by atomic mass is 79.9. The Hall–Kier alpha value is 0.110. The maximum absolute atomic E-state index is 9.99. The Bertz CT molecular complexity index is 83.1. The summed E-state index contributed by atoms with van der Waals surface area (Å²) in [6, 6.07) is 0. The van der Waals surface area contributed by atoms with E-state index in [9.17, 15) is 4.79 Å². The van der Waals surface area contributed by atoms with Gasteiger partial charge in [0.1, 0.15) is 6.29 Å². The molecule has 0 aromatic rings. The fraction of sp³-hybridized carbons (Fsp3) is 0.833. The normalized spacial score (nSPS) is 13.8. The molecule has 54 valence electrons. The standard InChI is InChI=1S/C6H11BrO2/c1-5(2)9-4-6(7)3-8/h3,5-6H,4H2,1-2H3. The van der Waals surface area contributed by atoms with Gasteiger partial charge in [0.2, 0.25) is 0 Å². The Morgan fingerprint density at radius 2 is 2.22 bits per heavy atom. The average Bonchev–Trinajstić information content (AvgIpc) is 1.83. The zero-order valence-electron chi connectivity index (χ0n) is 5.63. The molecule has 0 radical (unpaired) electrons. The van der Waals surface area contributed by atoms with Crippen LogP contribution < -0.4 is 0 Å². The smallest absolute Gasteiger partial charge is 0.135 e. The quantitative estimate of drug-likeness (QED) is 0.500. The number of carbonyl (C=O) groups excluding carboxylic acids is 1. The molecule has 0 saturated heterocycles. The molecule has 0 amide bonds. The van der Waals surface area contributed by atoms with Crippen LogP contribution in [0.2, 0.25) is 0 Å². The summed E-state index contributed by atoms with van der Waals surface area (Å²) in [5.41, 5.74) is 0. The lowest BCUT2D eigenvalue weighted by molar-refractivity contribution is -0.108. The highest BCUT2D eigenvalue weighted by Gasteiger charge is 2.01. The van der Waals surface area contributed by atoms with Crippen molar-refractivity contribution in [1.29, 1.82) is 0 Å². The van der Waals surface area contributed by atoms with E-state index < -0.39 is 0 Å². The van der Waals surface area contributed by atoms with Gasteiger partial charge in [0.05, 0.1) is 17.5 Å². The van der Waals surface area contributed by atoms with Crippen molar-refractivity contribution >= 4 is 22.2 Å². The second-order valence-electron chi connectivity index (χ2n) is 2.03. The molecule has 0 aliphatic rings. The molecule has 9 heavy (non-hydrogen) atoms. The Balaban J connectivity index is 3.16. The lowest BCUT2D eigenvalue weighted by Gasteiger charge is -2.06. The van der Waals surface area contributed by atoms with Crippen LogP contribution in [0.3, 0.4) is 0 Å². The molecule has 0 bridgehead atoms. The molecule has 3 heteroatoms. The van der Waals surface area contributed by atoms with Crippen LogP contribution in [-0.2, 0) is 9.53 Å². The molecule has 0 aromatic carbocycles.